The van der Waals surface area contributed by atoms with E-state index in [1.807, 2.05) is 12.1 Å². The molecule has 37 heavy (non-hydrogen) atoms. The second kappa shape index (κ2) is 13.3. The lowest BCUT2D eigenvalue weighted by Gasteiger charge is -2.24. The quantitative estimate of drug-likeness (QED) is 0.212. The number of phenolic OH excluding ortho intramolecular Hbond substituents is 2. The van der Waals surface area contributed by atoms with E-state index in [0.717, 1.165) is 16.7 Å². The molecule has 0 aromatic heterocycles. The smallest absolute Gasteiger partial charge is 0.305 e. The van der Waals surface area contributed by atoms with Gasteiger partial charge in [0.1, 0.15) is 23.6 Å². The van der Waals surface area contributed by atoms with Crippen molar-refractivity contribution in [2.45, 2.75) is 58.2 Å². The van der Waals surface area contributed by atoms with Crippen molar-refractivity contribution < 1.29 is 34.5 Å². The summed E-state index contributed by atoms with van der Waals surface area (Å²) in [4.78, 5) is 49.1. The van der Waals surface area contributed by atoms with Crippen LogP contribution in [0.2, 0.25) is 0 Å². The van der Waals surface area contributed by atoms with Crippen LogP contribution >= 0.6 is 0 Å². The molecule has 0 aliphatic rings. The van der Waals surface area contributed by atoms with Crippen molar-refractivity contribution in [2.24, 2.45) is 5.73 Å². The Labute approximate surface area is 215 Å². The Morgan fingerprint density at radius 3 is 1.95 bits per heavy atom. The molecule has 0 aliphatic heterocycles. The fourth-order valence-electron chi connectivity index (χ4n) is 3.90. The summed E-state index contributed by atoms with van der Waals surface area (Å²) in [5, 5.41) is 36.4. The average molecular weight is 515 g/mol. The first-order chi connectivity index (χ1) is 17.4. The van der Waals surface area contributed by atoms with Crippen molar-refractivity contribution in [3.05, 3.63) is 58.7 Å². The molecule has 0 radical (unpaired) electrons. The number of amides is 3. The summed E-state index contributed by atoms with van der Waals surface area (Å²) in [6, 6.07) is 6.86. The van der Waals surface area contributed by atoms with E-state index < -0.39 is 48.7 Å². The van der Waals surface area contributed by atoms with Crippen molar-refractivity contribution >= 4 is 23.7 Å². The normalized spacial score (nSPS) is 13.2. The Bertz CT molecular complexity index is 1110. The second-order valence-electron chi connectivity index (χ2n) is 9.05. The Kier molecular flexibility index (Phi) is 10.4. The van der Waals surface area contributed by atoms with Crippen molar-refractivity contribution in [3.63, 3.8) is 0 Å². The van der Waals surface area contributed by atoms with Gasteiger partial charge in [-0.1, -0.05) is 24.3 Å². The number of carboxylic acid groups (broad SMARTS) is 1. The largest absolute Gasteiger partial charge is 0.508 e. The topological polar surface area (TPSA) is 191 Å². The van der Waals surface area contributed by atoms with Crippen LogP contribution in [-0.4, -0.2) is 63.7 Å². The molecule has 8 N–H and O–H groups in total. The molecule has 200 valence electrons. The van der Waals surface area contributed by atoms with Gasteiger partial charge >= 0.3 is 5.97 Å². The highest BCUT2D eigenvalue weighted by atomic mass is 16.4. The molecule has 0 fully saturated rings. The summed E-state index contributed by atoms with van der Waals surface area (Å²) in [7, 11) is 0. The van der Waals surface area contributed by atoms with Crippen molar-refractivity contribution in [1.82, 2.24) is 16.0 Å². The number of carbonyl (C=O) groups excluding carboxylic acids is 3. The number of aliphatic carboxylic acids is 1. The number of hydrogen-bond donors (Lipinski definition) is 7. The predicted octanol–water partition coefficient (Wildman–Crippen LogP) is 0.408. The molecule has 11 nitrogen and oxygen atoms in total. The molecule has 0 spiro atoms. The van der Waals surface area contributed by atoms with E-state index in [9.17, 15) is 29.4 Å². The van der Waals surface area contributed by atoms with Crippen LogP contribution in [0.25, 0.3) is 0 Å². The number of carbonyl (C=O) groups is 4. The van der Waals surface area contributed by atoms with E-state index in [1.165, 1.54) is 12.1 Å². The van der Waals surface area contributed by atoms with Crippen LogP contribution in [-0.2, 0) is 32.0 Å². The number of aromatic hydroxyl groups is 2. The first-order valence-electron chi connectivity index (χ1n) is 11.8. The molecule has 0 saturated carbocycles. The third-order valence-electron chi connectivity index (χ3n) is 5.71. The molecular weight excluding hydrogens is 480 g/mol. The van der Waals surface area contributed by atoms with Gasteiger partial charge in [-0.25, -0.2) is 0 Å². The van der Waals surface area contributed by atoms with E-state index in [4.69, 9.17) is 10.8 Å². The Morgan fingerprint density at radius 2 is 1.41 bits per heavy atom. The molecule has 0 saturated heterocycles. The van der Waals surface area contributed by atoms with Crippen molar-refractivity contribution in [2.75, 3.05) is 6.54 Å². The molecule has 2 rings (SSSR count). The summed E-state index contributed by atoms with van der Waals surface area (Å²) in [6.07, 6.45) is -0.185. The summed E-state index contributed by atoms with van der Waals surface area (Å²) in [5.41, 5.74) is 8.25. The fourth-order valence-corrected chi connectivity index (χ4v) is 3.90. The van der Waals surface area contributed by atoms with Gasteiger partial charge < -0.3 is 37.0 Å². The van der Waals surface area contributed by atoms with Gasteiger partial charge in [-0.2, -0.15) is 0 Å². The molecule has 0 bridgehead atoms. The van der Waals surface area contributed by atoms with Gasteiger partial charge in [-0.05, 0) is 61.6 Å². The molecule has 11 heteroatoms. The zero-order chi connectivity index (χ0) is 27.7. The number of aryl methyl sites for hydroxylation is 2. The lowest BCUT2D eigenvalue weighted by atomic mass is 10.00. The van der Waals surface area contributed by atoms with E-state index in [1.54, 1.807) is 32.9 Å². The highest BCUT2D eigenvalue weighted by Gasteiger charge is 2.29. The van der Waals surface area contributed by atoms with Crippen LogP contribution in [0.5, 0.6) is 11.5 Å². The minimum Gasteiger partial charge on any atom is -0.508 e. The van der Waals surface area contributed by atoms with E-state index in [-0.39, 0.29) is 24.0 Å². The molecule has 2 aromatic carbocycles. The summed E-state index contributed by atoms with van der Waals surface area (Å²) < 4.78 is 0. The molecule has 0 heterocycles. The zero-order valence-electron chi connectivity index (χ0n) is 21.1. The minimum atomic E-state index is -1.43. The van der Waals surface area contributed by atoms with E-state index in [0.29, 0.717) is 12.0 Å². The van der Waals surface area contributed by atoms with Gasteiger partial charge in [-0.15, -0.1) is 0 Å². The molecule has 3 amide bonds. The maximum absolute atomic E-state index is 13.2. The number of rotatable bonds is 12. The van der Waals surface area contributed by atoms with Crippen LogP contribution in [0.1, 0.15) is 35.6 Å². The van der Waals surface area contributed by atoms with Crippen LogP contribution < -0.4 is 21.7 Å². The number of carboxylic acids is 1. The predicted molar refractivity (Wildman–Crippen MR) is 136 cm³/mol. The monoisotopic (exact) mass is 514 g/mol. The van der Waals surface area contributed by atoms with Gasteiger partial charge in [0.15, 0.2) is 0 Å². The Hall–Kier alpha value is -4.12. The second-order valence-corrected chi connectivity index (χ2v) is 9.05. The molecule has 3 atom stereocenters. The SMILES string of the molecule is Cc1cc(CC(C)NC(=O)C(Cc2ccc(O)cc2)NC(=O)C(CC(=O)O)NC(=O)CN)cc(C)c1O. The fraction of sp³-hybridized carbons (Fsp3) is 0.385. The third-order valence-corrected chi connectivity index (χ3v) is 5.71. The van der Waals surface area contributed by atoms with E-state index >= 15 is 0 Å². The Morgan fingerprint density at radius 1 is 0.838 bits per heavy atom. The maximum Gasteiger partial charge on any atom is 0.305 e. The number of phenols is 2. The summed E-state index contributed by atoms with van der Waals surface area (Å²) >= 11 is 0. The van der Waals surface area contributed by atoms with Gasteiger partial charge in [0.2, 0.25) is 17.7 Å². The highest BCUT2D eigenvalue weighted by molar-refractivity contribution is 5.94. The minimum absolute atomic E-state index is 0.0351. The number of nitrogens with two attached hydrogens (primary N) is 1. The first kappa shape index (κ1) is 29.1. The van der Waals surface area contributed by atoms with Crippen LogP contribution in [0.3, 0.4) is 0 Å². The number of benzene rings is 2. The molecular formula is C26H34N4O7. The third kappa shape index (κ3) is 9.12. The average Bonchev–Trinajstić information content (AvgIpc) is 2.82. The van der Waals surface area contributed by atoms with Gasteiger partial charge in [0, 0.05) is 12.5 Å². The molecule has 3 unspecified atom stereocenters. The van der Waals surface area contributed by atoms with Crippen LogP contribution in [0.4, 0.5) is 0 Å². The van der Waals surface area contributed by atoms with Gasteiger partial charge in [0.05, 0.1) is 13.0 Å². The lowest BCUT2D eigenvalue weighted by molar-refractivity contribution is -0.140. The van der Waals surface area contributed by atoms with Crippen molar-refractivity contribution in [1.29, 1.82) is 0 Å². The summed E-state index contributed by atoms with van der Waals surface area (Å²) in [5.74, 6) is -3.14. The lowest BCUT2D eigenvalue weighted by Crippen LogP contribution is -2.56. The standard InChI is InChI=1S/C26H34N4O7/c1-14-8-18(9-15(2)24(14)35)10-16(3)28-25(36)20(11-17-4-6-19(31)7-5-17)30-26(37)21(12-23(33)34)29-22(32)13-27/h4-9,16,20-21,31,35H,10-13,27H2,1-3H3,(H,28,36)(H,29,32)(H,30,37)(H,33,34). The number of nitrogens with one attached hydrogen (secondary N) is 3. The first-order valence-corrected chi connectivity index (χ1v) is 11.8. The molecule has 0 aliphatic carbocycles. The van der Waals surface area contributed by atoms with Gasteiger partial charge in [-0.3, -0.25) is 19.2 Å². The summed E-state index contributed by atoms with van der Waals surface area (Å²) in [6.45, 7) is 4.93. The van der Waals surface area contributed by atoms with E-state index in [2.05, 4.69) is 16.0 Å². The molecule has 2 aromatic rings. The van der Waals surface area contributed by atoms with Gasteiger partial charge in [0.25, 0.3) is 0 Å². The Balaban J connectivity index is 2.21. The maximum atomic E-state index is 13.2. The number of hydrogen-bond acceptors (Lipinski definition) is 7. The van der Waals surface area contributed by atoms with Crippen LogP contribution in [0.15, 0.2) is 36.4 Å². The highest BCUT2D eigenvalue weighted by Crippen LogP contribution is 2.23. The van der Waals surface area contributed by atoms with Crippen LogP contribution in [0, 0.1) is 13.8 Å². The zero-order valence-corrected chi connectivity index (χ0v) is 21.1. The van der Waals surface area contributed by atoms with Crippen molar-refractivity contribution in [3.8, 4) is 11.5 Å².